The van der Waals surface area contributed by atoms with Gasteiger partial charge in [-0.3, -0.25) is 9.80 Å². The van der Waals surface area contributed by atoms with Gasteiger partial charge in [0.05, 0.1) is 18.0 Å². The molecule has 0 saturated carbocycles. The largest absolute Gasteiger partial charge is 0.450 e. The lowest BCUT2D eigenvalue weighted by Gasteiger charge is -2.43. The number of piperidine rings is 1. The van der Waals surface area contributed by atoms with E-state index in [0.29, 0.717) is 12.6 Å². The highest BCUT2D eigenvalue weighted by Crippen LogP contribution is 2.21. The van der Waals surface area contributed by atoms with Crippen LogP contribution in [-0.2, 0) is 11.3 Å². The zero-order chi connectivity index (χ0) is 21.8. The first kappa shape index (κ1) is 21.8. The van der Waals surface area contributed by atoms with Crippen molar-refractivity contribution in [3.63, 3.8) is 0 Å². The summed E-state index contributed by atoms with van der Waals surface area (Å²) >= 11 is 0. The Morgan fingerprint density at radius 2 is 1.94 bits per heavy atom. The van der Waals surface area contributed by atoms with Crippen molar-refractivity contribution in [2.75, 3.05) is 45.9 Å². The van der Waals surface area contributed by atoms with Crippen molar-refractivity contribution in [2.24, 2.45) is 0 Å². The van der Waals surface area contributed by atoms with Crippen LogP contribution >= 0.6 is 0 Å². The number of amides is 1. The average Bonchev–Trinajstić information content (AvgIpc) is 3.12. The topological polar surface area (TPSA) is 53.8 Å². The molecule has 4 rings (SSSR count). The number of hydrogen-bond acceptors (Lipinski definition) is 5. The van der Waals surface area contributed by atoms with Crippen LogP contribution in [0.3, 0.4) is 0 Å². The van der Waals surface area contributed by atoms with Gasteiger partial charge in [-0.1, -0.05) is 12.1 Å². The number of aromatic nitrogens is 2. The van der Waals surface area contributed by atoms with Gasteiger partial charge in [-0.25, -0.2) is 9.48 Å². The minimum Gasteiger partial charge on any atom is -0.450 e. The van der Waals surface area contributed by atoms with Crippen molar-refractivity contribution in [3.8, 4) is 5.69 Å². The number of likely N-dealkylation sites (tertiary alicyclic amines) is 1. The van der Waals surface area contributed by atoms with Crippen molar-refractivity contribution in [1.82, 2.24) is 24.5 Å². The molecule has 1 amide bonds. The molecule has 1 aromatic carbocycles. The van der Waals surface area contributed by atoms with Gasteiger partial charge in [0.15, 0.2) is 0 Å². The fourth-order valence-corrected chi connectivity index (χ4v) is 4.89. The third-order valence-corrected chi connectivity index (χ3v) is 6.41. The van der Waals surface area contributed by atoms with Crippen LogP contribution in [0.25, 0.3) is 5.69 Å². The smallest absolute Gasteiger partial charge is 0.409 e. The maximum Gasteiger partial charge on any atom is 0.409 e. The molecule has 0 unspecified atom stereocenters. The van der Waals surface area contributed by atoms with E-state index in [1.807, 2.05) is 23.4 Å². The predicted octanol–water partition coefficient (Wildman–Crippen LogP) is 3.23. The number of carbonyl (C=O) groups is 1. The highest BCUT2D eigenvalue weighted by Gasteiger charge is 2.29. The first-order valence-electron chi connectivity index (χ1n) is 11.5. The number of piperazine rings is 1. The monoisotopic (exact) mass is 425 g/mol. The fraction of sp³-hybridized carbons (Fsp3) is 0.583. The van der Waals surface area contributed by atoms with Gasteiger partial charge in [0.2, 0.25) is 0 Å². The molecule has 0 radical (unpaired) electrons. The normalized spacial score (nSPS) is 20.7. The van der Waals surface area contributed by atoms with Crippen molar-refractivity contribution >= 4 is 6.09 Å². The third-order valence-electron chi connectivity index (χ3n) is 6.41. The second-order valence-corrected chi connectivity index (χ2v) is 8.76. The number of benzene rings is 1. The van der Waals surface area contributed by atoms with Crippen LogP contribution in [0.1, 0.15) is 36.7 Å². The molecular weight excluding hydrogens is 390 g/mol. The third kappa shape index (κ3) is 5.28. The average molecular weight is 426 g/mol. The quantitative estimate of drug-likeness (QED) is 0.736. The van der Waals surface area contributed by atoms with Crippen molar-refractivity contribution in [3.05, 3.63) is 47.3 Å². The number of aryl methyl sites for hydroxylation is 2. The Morgan fingerprint density at radius 1 is 1.13 bits per heavy atom. The van der Waals surface area contributed by atoms with Crippen LogP contribution < -0.4 is 0 Å². The van der Waals surface area contributed by atoms with Gasteiger partial charge in [-0.15, -0.1) is 0 Å². The Morgan fingerprint density at radius 3 is 2.65 bits per heavy atom. The second-order valence-electron chi connectivity index (χ2n) is 8.76. The molecule has 0 spiro atoms. The molecule has 31 heavy (non-hydrogen) atoms. The number of ether oxygens (including phenoxy) is 1. The predicted molar refractivity (Wildman–Crippen MR) is 122 cm³/mol. The summed E-state index contributed by atoms with van der Waals surface area (Å²) in [6.45, 7) is 13.0. The Hall–Kier alpha value is -2.38. The van der Waals surface area contributed by atoms with Gasteiger partial charge in [-0.2, -0.15) is 5.10 Å². The summed E-state index contributed by atoms with van der Waals surface area (Å²) < 4.78 is 7.18. The zero-order valence-corrected chi connectivity index (χ0v) is 19.1. The molecule has 2 saturated heterocycles. The standard InChI is InChI=1S/C24H35N5O2/c1-4-31-24(30)28-13-11-27(12-14-28)23-9-6-10-26(18-23)17-21-7-5-8-22(16-21)29-20(3)15-19(2)25-29/h5,7-8,15-16,23H,4,6,9-14,17-18H2,1-3H3/t23-/m0/s1. The molecule has 2 fully saturated rings. The van der Waals surface area contributed by atoms with Gasteiger partial charge in [0.25, 0.3) is 0 Å². The van der Waals surface area contributed by atoms with Crippen LogP contribution in [0.15, 0.2) is 30.3 Å². The highest BCUT2D eigenvalue weighted by atomic mass is 16.6. The number of nitrogens with zero attached hydrogens (tertiary/aromatic N) is 5. The highest BCUT2D eigenvalue weighted by molar-refractivity contribution is 5.67. The van der Waals surface area contributed by atoms with Gasteiger partial charge in [0.1, 0.15) is 0 Å². The van der Waals surface area contributed by atoms with E-state index in [1.165, 1.54) is 18.4 Å². The summed E-state index contributed by atoms with van der Waals surface area (Å²) in [5, 5.41) is 4.63. The first-order chi connectivity index (χ1) is 15.0. The molecule has 1 aromatic heterocycles. The van der Waals surface area contributed by atoms with E-state index in [9.17, 15) is 4.79 Å². The minimum atomic E-state index is -0.171. The number of rotatable bonds is 5. The molecule has 0 N–H and O–H groups in total. The van der Waals surface area contributed by atoms with Crippen molar-refractivity contribution < 1.29 is 9.53 Å². The summed E-state index contributed by atoms with van der Waals surface area (Å²) in [4.78, 5) is 18.9. The summed E-state index contributed by atoms with van der Waals surface area (Å²) in [5.74, 6) is 0. The molecule has 1 atom stereocenters. The summed E-state index contributed by atoms with van der Waals surface area (Å²) in [6, 6.07) is 11.4. The first-order valence-corrected chi connectivity index (χ1v) is 11.5. The molecule has 3 heterocycles. The molecule has 7 nitrogen and oxygen atoms in total. The van der Waals surface area contributed by atoms with Crippen LogP contribution in [0.2, 0.25) is 0 Å². The molecular formula is C24H35N5O2. The van der Waals surface area contributed by atoms with E-state index < -0.39 is 0 Å². The molecule has 2 aliphatic rings. The maximum absolute atomic E-state index is 12.0. The van der Waals surface area contributed by atoms with Crippen LogP contribution in [0, 0.1) is 13.8 Å². The maximum atomic E-state index is 12.0. The van der Waals surface area contributed by atoms with Crippen LogP contribution in [-0.4, -0.2) is 82.5 Å². The molecule has 0 bridgehead atoms. The van der Waals surface area contributed by atoms with Gasteiger partial charge >= 0.3 is 6.09 Å². The van der Waals surface area contributed by atoms with E-state index >= 15 is 0 Å². The number of hydrogen-bond donors (Lipinski definition) is 0. The fourth-order valence-electron chi connectivity index (χ4n) is 4.89. The van der Waals surface area contributed by atoms with Crippen LogP contribution in [0.5, 0.6) is 0 Å². The van der Waals surface area contributed by atoms with E-state index in [0.717, 1.165) is 62.9 Å². The van der Waals surface area contributed by atoms with E-state index in [-0.39, 0.29) is 6.09 Å². The Kier molecular flexibility index (Phi) is 6.92. The van der Waals surface area contributed by atoms with E-state index in [1.54, 1.807) is 0 Å². The van der Waals surface area contributed by atoms with Crippen LogP contribution in [0.4, 0.5) is 4.79 Å². The van der Waals surface area contributed by atoms with Crippen molar-refractivity contribution in [1.29, 1.82) is 0 Å². The molecule has 7 heteroatoms. The van der Waals surface area contributed by atoms with E-state index in [2.05, 4.69) is 52.2 Å². The van der Waals surface area contributed by atoms with Gasteiger partial charge in [-0.05, 0) is 63.9 Å². The van der Waals surface area contributed by atoms with E-state index in [4.69, 9.17) is 4.74 Å². The Balaban J connectivity index is 1.34. The lowest BCUT2D eigenvalue weighted by molar-refractivity contribution is 0.0412. The lowest BCUT2D eigenvalue weighted by Crippen LogP contribution is -2.55. The number of carbonyl (C=O) groups excluding carboxylic acids is 1. The van der Waals surface area contributed by atoms with Crippen molar-refractivity contribution in [2.45, 2.75) is 46.2 Å². The zero-order valence-electron chi connectivity index (χ0n) is 19.1. The Labute approximate surface area is 185 Å². The van der Waals surface area contributed by atoms with Gasteiger partial charge < -0.3 is 9.64 Å². The summed E-state index contributed by atoms with van der Waals surface area (Å²) in [5.41, 5.74) is 4.67. The molecule has 168 valence electrons. The van der Waals surface area contributed by atoms with Gasteiger partial charge in [0, 0.05) is 51.0 Å². The molecule has 2 aromatic rings. The minimum absolute atomic E-state index is 0.171. The lowest BCUT2D eigenvalue weighted by atomic mass is 10.0. The second kappa shape index (κ2) is 9.83. The summed E-state index contributed by atoms with van der Waals surface area (Å²) in [6.07, 6.45) is 2.29. The SMILES string of the molecule is CCOC(=O)N1CCN([C@H]2CCCN(Cc3cccc(-n4nc(C)cc4C)c3)C2)CC1. The molecule has 2 aliphatic heterocycles. The summed E-state index contributed by atoms with van der Waals surface area (Å²) in [7, 11) is 0. The molecule has 0 aliphatic carbocycles. The Bertz CT molecular complexity index is 888.